The Morgan fingerprint density at radius 3 is 2.65 bits per heavy atom. The number of anilines is 1. The number of hydrogen-bond acceptors (Lipinski definition) is 5. The third kappa shape index (κ3) is 3.66. The van der Waals surface area contributed by atoms with Crippen molar-refractivity contribution >= 4 is 17.6 Å². The van der Waals surface area contributed by atoms with E-state index in [4.69, 9.17) is 10.8 Å². The van der Waals surface area contributed by atoms with E-state index in [-0.39, 0.29) is 29.9 Å². The summed E-state index contributed by atoms with van der Waals surface area (Å²) in [4.78, 5) is 26.5. The van der Waals surface area contributed by atoms with Crippen LogP contribution in [0.1, 0.15) is 48.1 Å². The monoisotopic (exact) mass is 421 g/mol. The molecule has 2 heterocycles. The SMILES string of the molecule is CC#CC(=O)N1CCC2(CC(n3nc(-c4ccc(CO)cc4)c(C(=O)NC)c3N)C2)C1. The van der Waals surface area contributed by atoms with Crippen LogP contribution in [0.3, 0.4) is 0 Å². The average Bonchev–Trinajstić information content (AvgIpc) is 3.34. The third-order valence-electron chi connectivity index (χ3n) is 6.45. The summed E-state index contributed by atoms with van der Waals surface area (Å²) in [6.45, 7) is 3.05. The molecule has 2 aliphatic rings. The van der Waals surface area contributed by atoms with Crippen molar-refractivity contribution in [3.05, 3.63) is 35.4 Å². The smallest absolute Gasteiger partial charge is 0.298 e. The number of nitrogens with two attached hydrogens (primary N) is 1. The number of amides is 2. The Balaban J connectivity index is 1.59. The van der Waals surface area contributed by atoms with Crippen LogP contribution in [0.25, 0.3) is 11.3 Å². The van der Waals surface area contributed by atoms with Crippen LogP contribution in [0.2, 0.25) is 0 Å². The summed E-state index contributed by atoms with van der Waals surface area (Å²) < 4.78 is 1.77. The number of aliphatic hydroxyl groups excluding tert-OH is 1. The molecule has 0 bridgehead atoms. The van der Waals surface area contributed by atoms with Crippen molar-refractivity contribution in [2.75, 3.05) is 25.9 Å². The second-order valence-electron chi connectivity index (χ2n) is 8.40. The second-order valence-corrected chi connectivity index (χ2v) is 8.40. The first-order chi connectivity index (χ1) is 14.9. The summed E-state index contributed by atoms with van der Waals surface area (Å²) in [6.07, 6.45) is 2.66. The summed E-state index contributed by atoms with van der Waals surface area (Å²) in [5.74, 6) is 5.25. The van der Waals surface area contributed by atoms with Crippen LogP contribution in [0.4, 0.5) is 5.82 Å². The maximum Gasteiger partial charge on any atom is 0.298 e. The lowest BCUT2D eigenvalue weighted by Crippen LogP contribution is -2.42. The van der Waals surface area contributed by atoms with Gasteiger partial charge < -0.3 is 21.1 Å². The molecule has 8 heteroatoms. The minimum Gasteiger partial charge on any atom is -0.392 e. The summed E-state index contributed by atoms with van der Waals surface area (Å²) in [6, 6.07) is 7.37. The maximum absolute atomic E-state index is 12.6. The number of aliphatic hydroxyl groups is 1. The number of nitrogens with zero attached hydrogens (tertiary/aromatic N) is 3. The fourth-order valence-corrected chi connectivity index (χ4v) is 4.79. The van der Waals surface area contributed by atoms with Crippen molar-refractivity contribution in [3.63, 3.8) is 0 Å². The molecule has 1 aromatic heterocycles. The molecule has 1 spiro atoms. The van der Waals surface area contributed by atoms with Crippen LogP contribution in [-0.4, -0.2) is 51.7 Å². The lowest BCUT2D eigenvalue weighted by molar-refractivity contribution is -0.125. The molecule has 4 rings (SSSR count). The Labute approximate surface area is 181 Å². The van der Waals surface area contributed by atoms with Gasteiger partial charge >= 0.3 is 0 Å². The largest absolute Gasteiger partial charge is 0.392 e. The summed E-state index contributed by atoms with van der Waals surface area (Å²) in [5.41, 5.74) is 8.92. The summed E-state index contributed by atoms with van der Waals surface area (Å²) in [7, 11) is 1.57. The third-order valence-corrected chi connectivity index (χ3v) is 6.45. The number of benzene rings is 1. The first kappa shape index (κ1) is 20.9. The molecular formula is C23H27N5O3. The number of carbonyl (C=O) groups is 2. The number of aromatic nitrogens is 2. The molecule has 0 radical (unpaired) electrons. The summed E-state index contributed by atoms with van der Waals surface area (Å²) >= 11 is 0. The number of hydrogen-bond donors (Lipinski definition) is 3. The zero-order valence-electron chi connectivity index (χ0n) is 17.8. The van der Waals surface area contributed by atoms with Crippen LogP contribution in [0.5, 0.6) is 0 Å². The van der Waals surface area contributed by atoms with Gasteiger partial charge in [-0.3, -0.25) is 9.59 Å². The first-order valence-electron chi connectivity index (χ1n) is 10.4. The van der Waals surface area contributed by atoms with Gasteiger partial charge in [0.15, 0.2) is 0 Å². The fourth-order valence-electron chi connectivity index (χ4n) is 4.79. The van der Waals surface area contributed by atoms with Gasteiger partial charge in [-0.2, -0.15) is 5.10 Å². The fraction of sp³-hybridized carbons (Fsp3) is 0.435. The van der Waals surface area contributed by atoms with Gasteiger partial charge in [-0.05, 0) is 43.1 Å². The van der Waals surface area contributed by atoms with Crippen LogP contribution >= 0.6 is 0 Å². The highest BCUT2D eigenvalue weighted by Gasteiger charge is 2.51. The van der Waals surface area contributed by atoms with Gasteiger partial charge in [-0.25, -0.2) is 4.68 Å². The number of rotatable bonds is 4. The van der Waals surface area contributed by atoms with E-state index in [1.165, 1.54) is 0 Å². The quantitative estimate of drug-likeness (QED) is 0.649. The Hall–Kier alpha value is -3.31. The highest BCUT2D eigenvalue weighted by molar-refractivity contribution is 6.04. The minimum absolute atomic E-state index is 0.0489. The molecule has 1 aliphatic heterocycles. The van der Waals surface area contributed by atoms with E-state index < -0.39 is 0 Å². The van der Waals surface area contributed by atoms with Crippen molar-refractivity contribution in [3.8, 4) is 23.1 Å². The van der Waals surface area contributed by atoms with Crippen LogP contribution < -0.4 is 11.1 Å². The van der Waals surface area contributed by atoms with E-state index in [1.807, 2.05) is 17.0 Å². The zero-order chi connectivity index (χ0) is 22.2. The van der Waals surface area contributed by atoms with E-state index >= 15 is 0 Å². The first-order valence-corrected chi connectivity index (χ1v) is 10.4. The molecule has 2 fully saturated rings. The molecule has 2 amide bonds. The molecule has 1 aromatic carbocycles. The molecule has 2 aromatic rings. The van der Waals surface area contributed by atoms with E-state index in [0.717, 1.165) is 36.9 Å². The average molecular weight is 422 g/mol. The van der Waals surface area contributed by atoms with Crippen LogP contribution in [0.15, 0.2) is 24.3 Å². The maximum atomic E-state index is 12.6. The standard InChI is InChI=1S/C23H27N5O3/c1-3-4-18(30)27-10-9-23(14-27)11-17(12-23)28-21(24)19(22(31)25-2)20(26-28)16-7-5-15(13-29)6-8-16/h5-8,17,29H,9-14,24H2,1-2H3,(H,25,31). The molecule has 1 saturated heterocycles. The molecule has 1 aliphatic carbocycles. The number of carbonyl (C=O) groups excluding carboxylic acids is 2. The predicted octanol–water partition coefficient (Wildman–Crippen LogP) is 1.56. The molecule has 0 unspecified atom stereocenters. The Kier molecular flexibility index (Phi) is 5.46. The topological polar surface area (TPSA) is 113 Å². The number of nitrogens with one attached hydrogen (secondary N) is 1. The normalized spacial score (nSPS) is 22.0. The minimum atomic E-state index is -0.283. The Morgan fingerprint density at radius 2 is 2.03 bits per heavy atom. The molecule has 0 atom stereocenters. The van der Waals surface area contributed by atoms with Crippen molar-refractivity contribution in [1.82, 2.24) is 20.0 Å². The Bertz CT molecular complexity index is 1070. The van der Waals surface area contributed by atoms with Gasteiger partial charge in [-0.1, -0.05) is 30.2 Å². The molecule has 1 saturated carbocycles. The molecule has 8 nitrogen and oxygen atoms in total. The molecule has 162 valence electrons. The number of nitrogen functional groups attached to an aromatic ring is 1. The van der Waals surface area contributed by atoms with Crippen LogP contribution in [-0.2, 0) is 11.4 Å². The van der Waals surface area contributed by atoms with Crippen molar-refractivity contribution < 1.29 is 14.7 Å². The molecule has 4 N–H and O–H groups in total. The van der Waals surface area contributed by atoms with E-state index in [1.54, 1.807) is 30.8 Å². The van der Waals surface area contributed by atoms with Crippen molar-refractivity contribution in [2.45, 2.75) is 38.8 Å². The van der Waals surface area contributed by atoms with Gasteiger partial charge in [0, 0.05) is 25.7 Å². The van der Waals surface area contributed by atoms with Crippen LogP contribution in [0, 0.1) is 17.3 Å². The van der Waals surface area contributed by atoms with Crippen molar-refractivity contribution in [1.29, 1.82) is 0 Å². The van der Waals surface area contributed by atoms with E-state index in [0.29, 0.717) is 23.6 Å². The van der Waals surface area contributed by atoms with Crippen molar-refractivity contribution in [2.24, 2.45) is 5.41 Å². The van der Waals surface area contributed by atoms with E-state index in [9.17, 15) is 14.7 Å². The molecule has 31 heavy (non-hydrogen) atoms. The molecular weight excluding hydrogens is 394 g/mol. The van der Waals surface area contributed by atoms with Gasteiger partial charge in [0.2, 0.25) is 0 Å². The lowest BCUT2D eigenvalue weighted by atomic mass is 9.65. The van der Waals surface area contributed by atoms with Gasteiger partial charge in [0.1, 0.15) is 17.1 Å². The van der Waals surface area contributed by atoms with Gasteiger partial charge in [-0.15, -0.1) is 0 Å². The lowest BCUT2D eigenvalue weighted by Gasteiger charge is -2.45. The van der Waals surface area contributed by atoms with Gasteiger partial charge in [0.25, 0.3) is 11.8 Å². The predicted molar refractivity (Wildman–Crippen MR) is 117 cm³/mol. The number of likely N-dealkylation sites (tertiary alicyclic amines) is 1. The zero-order valence-corrected chi connectivity index (χ0v) is 17.8. The van der Waals surface area contributed by atoms with E-state index in [2.05, 4.69) is 17.2 Å². The summed E-state index contributed by atoms with van der Waals surface area (Å²) in [5, 5.41) is 16.7. The highest BCUT2D eigenvalue weighted by Crippen LogP contribution is 2.54. The van der Waals surface area contributed by atoms with Gasteiger partial charge in [0.05, 0.1) is 12.6 Å². The second kappa shape index (κ2) is 8.08. The highest BCUT2D eigenvalue weighted by atomic mass is 16.3. The Morgan fingerprint density at radius 1 is 1.32 bits per heavy atom.